The lowest BCUT2D eigenvalue weighted by atomic mass is 9.96. The summed E-state index contributed by atoms with van der Waals surface area (Å²) < 4.78 is 0. The summed E-state index contributed by atoms with van der Waals surface area (Å²) in [6, 6.07) is 5.05. The highest BCUT2D eigenvalue weighted by Gasteiger charge is 2.18. The van der Waals surface area contributed by atoms with Crippen molar-refractivity contribution < 1.29 is 9.90 Å². The van der Waals surface area contributed by atoms with E-state index in [1.807, 2.05) is 6.92 Å². The second kappa shape index (κ2) is 6.75. The highest BCUT2D eigenvalue weighted by molar-refractivity contribution is 5.94. The number of piperidine rings is 1. The Labute approximate surface area is 120 Å². The number of aryl methyl sites for hydroxylation is 1. The van der Waals surface area contributed by atoms with Crippen LogP contribution in [0.25, 0.3) is 0 Å². The van der Waals surface area contributed by atoms with E-state index in [2.05, 4.69) is 17.1 Å². The third-order valence-electron chi connectivity index (χ3n) is 4.18. The average molecular weight is 276 g/mol. The van der Waals surface area contributed by atoms with E-state index in [1.165, 1.54) is 6.07 Å². The van der Waals surface area contributed by atoms with E-state index in [9.17, 15) is 9.90 Å². The highest BCUT2D eigenvalue weighted by atomic mass is 16.3. The molecule has 1 amide bonds. The number of hydrogen-bond acceptors (Lipinski definition) is 3. The first-order valence-corrected chi connectivity index (χ1v) is 7.40. The first-order valence-electron chi connectivity index (χ1n) is 7.40. The lowest BCUT2D eigenvalue weighted by molar-refractivity contribution is 0.0936. The summed E-state index contributed by atoms with van der Waals surface area (Å²) in [5.74, 6) is 0.646. The van der Waals surface area contributed by atoms with Gasteiger partial charge in [-0.1, -0.05) is 13.0 Å². The third kappa shape index (κ3) is 3.73. The molecule has 1 aromatic rings. The Balaban J connectivity index is 1.82. The van der Waals surface area contributed by atoms with Gasteiger partial charge in [0.2, 0.25) is 0 Å². The van der Waals surface area contributed by atoms with E-state index in [0.717, 1.165) is 44.6 Å². The largest absolute Gasteiger partial charge is 0.508 e. The van der Waals surface area contributed by atoms with Crippen molar-refractivity contribution in [3.05, 3.63) is 29.3 Å². The Morgan fingerprint density at radius 2 is 2.10 bits per heavy atom. The molecule has 1 aromatic carbocycles. The maximum atomic E-state index is 12.0. The summed E-state index contributed by atoms with van der Waals surface area (Å²) in [6.07, 6.45) is 2.29. The summed E-state index contributed by atoms with van der Waals surface area (Å²) in [7, 11) is 0. The average Bonchev–Trinajstić information content (AvgIpc) is 2.48. The van der Waals surface area contributed by atoms with E-state index in [1.54, 1.807) is 12.1 Å². The number of hydrogen-bond donors (Lipinski definition) is 2. The van der Waals surface area contributed by atoms with Crippen molar-refractivity contribution in [3.63, 3.8) is 0 Å². The molecule has 4 heteroatoms. The molecule has 2 N–H and O–H groups in total. The monoisotopic (exact) mass is 276 g/mol. The van der Waals surface area contributed by atoms with E-state index in [-0.39, 0.29) is 11.7 Å². The molecule has 0 unspecified atom stereocenters. The standard InChI is InChI=1S/C16H24N2O2/c1-3-18-8-6-13(7-9-18)11-17-16(20)14-5-4-12(2)15(19)10-14/h4-5,10,13,19H,3,6-9,11H2,1-2H3,(H,17,20). The van der Waals surface area contributed by atoms with Crippen molar-refractivity contribution in [2.45, 2.75) is 26.7 Å². The number of nitrogens with zero attached hydrogens (tertiary/aromatic N) is 1. The zero-order valence-electron chi connectivity index (χ0n) is 12.4. The number of carbonyl (C=O) groups is 1. The summed E-state index contributed by atoms with van der Waals surface area (Å²) in [4.78, 5) is 14.5. The first-order chi connectivity index (χ1) is 9.60. The van der Waals surface area contributed by atoms with Crippen LogP contribution in [-0.2, 0) is 0 Å². The Bertz CT molecular complexity index is 466. The van der Waals surface area contributed by atoms with Gasteiger partial charge < -0.3 is 15.3 Å². The molecule has 0 saturated carbocycles. The van der Waals surface area contributed by atoms with E-state index < -0.39 is 0 Å². The van der Waals surface area contributed by atoms with Gasteiger partial charge in [-0.05, 0) is 63.0 Å². The molecule has 0 aliphatic carbocycles. The summed E-state index contributed by atoms with van der Waals surface area (Å²) >= 11 is 0. The van der Waals surface area contributed by atoms with Crippen LogP contribution in [0.3, 0.4) is 0 Å². The van der Waals surface area contributed by atoms with Crippen molar-refractivity contribution in [1.82, 2.24) is 10.2 Å². The number of carbonyl (C=O) groups excluding carboxylic acids is 1. The van der Waals surface area contributed by atoms with Gasteiger partial charge in [0.1, 0.15) is 5.75 Å². The Morgan fingerprint density at radius 1 is 1.40 bits per heavy atom. The summed E-state index contributed by atoms with van der Waals surface area (Å²) in [5.41, 5.74) is 1.31. The number of benzene rings is 1. The van der Waals surface area contributed by atoms with Gasteiger partial charge in [0.15, 0.2) is 0 Å². The first kappa shape index (κ1) is 14.9. The maximum absolute atomic E-state index is 12.0. The molecular formula is C16H24N2O2. The fourth-order valence-electron chi connectivity index (χ4n) is 2.60. The van der Waals surface area contributed by atoms with Gasteiger partial charge in [0.05, 0.1) is 0 Å². The minimum absolute atomic E-state index is 0.0989. The van der Waals surface area contributed by atoms with Crippen molar-refractivity contribution in [2.24, 2.45) is 5.92 Å². The van der Waals surface area contributed by atoms with Crippen LogP contribution >= 0.6 is 0 Å². The van der Waals surface area contributed by atoms with Crippen molar-refractivity contribution in [3.8, 4) is 5.75 Å². The van der Waals surface area contributed by atoms with Crippen LogP contribution in [0.4, 0.5) is 0 Å². The Morgan fingerprint density at radius 3 is 2.70 bits per heavy atom. The van der Waals surface area contributed by atoms with E-state index >= 15 is 0 Å². The van der Waals surface area contributed by atoms with Crippen molar-refractivity contribution in [1.29, 1.82) is 0 Å². The van der Waals surface area contributed by atoms with E-state index in [0.29, 0.717) is 11.5 Å². The highest BCUT2D eigenvalue weighted by Crippen LogP contribution is 2.18. The second-order valence-electron chi connectivity index (χ2n) is 5.59. The van der Waals surface area contributed by atoms with Crippen LogP contribution in [0.1, 0.15) is 35.7 Å². The topological polar surface area (TPSA) is 52.6 Å². The van der Waals surface area contributed by atoms with Crippen LogP contribution < -0.4 is 5.32 Å². The summed E-state index contributed by atoms with van der Waals surface area (Å²) in [6.45, 7) is 8.10. The quantitative estimate of drug-likeness (QED) is 0.886. The molecule has 0 bridgehead atoms. The molecule has 0 atom stereocenters. The van der Waals surface area contributed by atoms with Gasteiger partial charge in [0, 0.05) is 12.1 Å². The second-order valence-corrected chi connectivity index (χ2v) is 5.59. The zero-order valence-corrected chi connectivity index (χ0v) is 12.4. The van der Waals surface area contributed by atoms with Crippen LogP contribution in [0, 0.1) is 12.8 Å². The van der Waals surface area contributed by atoms with Crippen LogP contribution in [0.2, 0.25) is 0 Å². The number of amides is 1. The predicted octanol–water partition coefficient (Wildman–Crippen LogP) is 2.16. The van der Waals surface area contributed by atoms with Gasteiger partial charge in [-0.25, -0.2) is 0 Å². The van der Waals surface area contributed by atoms with Crippen molar-refractivity contribution in [2.75, 3.05) is 26.2 Å². The molecule has 0 spiro atoms. The molecule has 0 aromatic heterocycles. The van der Waals surface area contributed by atoms with E-state index in [4.69, 9.17) is 0 Å². The van der Waals surface area contributed by atoms with Gasteiger partial charge in [-0.3, -0.25) is 4.79 Å². The normalized spacial score (nSPS) is 17.1. The maximum Gasteiger partial charge on any atom is 0.251 e. The van der Waals surface area contributed by atoms with Crippen LogP contribution in [-0.4, -0.2) is 42.1 Å². The predicted molar refractivity (Wildman–Crippen MR) is 80.0 cm³/mol. The Kier molecular flexibility index (Phi) is 5.01. The van der Waals surface area contributed by atoms with Crippen molar-refractivity contribution >= 4 is 5.91 Å². The fourth-order valence-corrected chi connectivity index (χ4v) is 2.60. The molecule has 1 fully saturated rings. The molecule has 1 aliphatic rings. The number of nitrogens with one attached hydrogen (secondary N) is 1. The number of phenols is 1. The molecule has 4 nitrogen and oxygen atoms in total. The van der Waals surface area contributed by atoms with Gasteiger partial charge >= 0.3 is 0 Å². The number of rotatable bonds is 4. The van der Waals surface area contributed by atoms with Crippen LogP contribution in [0.15, 0.2) is 18.2 Å². The fraction of sp³-hybridized carbons (Fsp3) is 0.562. The third-order valence-corrected chi connectivity index (χ3v) is 4.18. The van der Waals surface area contributed by atoms with Gasteiger partial charge in [-0.15, -0.1) is 0 Å². The number of phenolic OH excluding ortho intramolecular Hbond substituents is 1. The minimum Gasteiger partial charge on any atom is -0.508 e. The SMILES string of the molecule is CCN1CCC(CNC(=O)c2ccc(C)c(O)c2)CC1. The molecule has 1 heterocycles. The summed E-state index contributed by atoms with van der Waals surface area (Å²) in [5, 5.41) is 12.6. The van der Waals surface area contributed by atoms with Gasteiger partial charge in [0.25, 0.3) is 5.91 Å². The smallest absolute Gasteiger partial charge is 0.251 e. The molecule has 1 aliphatic heterocycles. The molecular weight excluding hydrogens is 252 g/mol. The lowest BCUT2D eigenvalue weighted by Gasteiger charge is -2.31. The number of aromatic hydroxyl groups is 1. The minimum atomic E-state index is -0.0989. The lowest BCUT2D eigenvalue weighted by Crippen LogP contribution is -2.38. The Hall–Kier alpha value is -1.55. The zero-order chi connectivity index (χ0) is 14.5. The molecule has 110 valence electrons. The van der Waals surface area contributed by atoms with Gasteiger partial charge in [-0.2, -0.15) is 0 Å². The van der Waals surface area contributed by atoms with Crippen LogP contribution in [0.5, 0.6) is 5.75 Å². The molecule has 2 rings (SSSR count). The molecule has 0 radical (unpaired) electrons. The molecule has 1 saturated heterocycles. The molecule has 20 heavy (non-hydrogen) atoms. The number of likely N-dealkylation sites (tertiary alicyclic amines) is 1.